The van der Waals surface area contributed by atoms with E-state index in [9.17, 15) is 5.11 Å². The van der Waals surface area contributed by atoms with Crippen LogP contribution >= 0.6 is 0 Å². The standard InChI is InChI=1S/C12H12O3/c13-12(15-11-6-7-14-9-11)8-10-4-2-1-3-5-10/h1-7,9,12-13H,8H2. The SMILES string of the molecule is OC(Cc1ccccc1)Oc1ccoc1. The molecule has 1 atom stereocenters. The van der Waals surface area contributed by atoms with E-state index >= 15 is 0 Å². The number of aliphatic hydroxyl groups is 1. The molecule has 1 aromatic heterocycles. The van der Waals surface area contributed by atoms with E-state index in [1.165, 1.54) is 12.5 Å². The van der Waals surface area contributed by atoms with Gasteiger partial charge in [0.05, 0.1) is 6.26 Å². The highest BCUT2D eigenvalue weighted by Crippen LogP contribution is 2.13. The third-order valence-electron chi connectivity index (χ3n) is 2.02. The summed E-state index contributed by atoms with van der Waals surface area (Å²) >= 11 is 0. The van der Waals surface area contributed by atoms with E-state index < -0.39 is 6.29 Å². The van der Waals surface area contributed by atoms with Crippen molar-refractivity contribution >= 4 is 0 Å². The number of aliphatic hydroxyl groups excluding tert-OH is 1. The highest BCUT2D eigenvalue weighted by Gasteiger charge is 2.07. The normalized spacial score (nSPS) is 12.3. The molecule has 0 radical (unpaired) electrons. The Bertz CT molecular complexity index is 381. The summed E-state index contributed by atoms with van der Waals surface area (Å²) in [4.78, 5) is 0. The summed E-state index contributed by atoms with van der Waals surface area (Å²) in [5, 5.41) is 9.61. The zero-order chi connectivity index (χ0) is 10.5. The van der Waals surface area contributed by atoms with Crippen molar-refractivity contribution in [2.24, 2.45) is 0 Å². The van der Waals surface area contributed by atoms with Crippen LogP contribution in [-0.2, 0) is 6.42 Å². The fraction of sp³-hybridized carbons (Fsp3) is 0.167. The summed E-state index contributed by atoms with van der Waals surface area (Å²) in [6.07, 6.45) is 2.58. The van der Waals surface area contributed by atoms with Gasteiger partial charge in [-0.1, -0.05) is 30.3 Å². The molecule has 0 amide bonds. The molecule has 0 saturated carbocycles. The van der Waals surface area contributed by atoms with Crippen LogP contribution in [0.4, 0.5) is 0 Å². The van der Waals surface area contributed by atoms with E-state index in [-0.39, 0.29) is 0 Å². The number of ether oxygens (including phenoxy) is 1. The van der Waals surface area contributed by atoms with Gasteiger partial charge in [-0.2, -0.15) is 0 Å². The van der Waals surface area contributed by atoms with Gasteiger partial charge in [0.25, 0.3) is 0 Å². The molecule has 1 unspecified atom stereocenters. The monoisotopic (exact) mass is 204 g/mol. The molecule has 0 fully saturated rings. The van der Waals surface area contributed by atoms with E-state index in [4.69, 9.17) is 9.15 Å². The van der Waals surface area contributed by atoms with Crippen LogP contribution in [-0.4, -0.2) is 11.4 Å². The Kier molecular flexibility index (Phi) is 3.05. The summed E-state index contributed by atoms with van der Waals surface area (Å²) < 4.78 is 10.0. The first-order chi connectivity index (χ1) is 7.34. The van der Waals surface area contributed by atoms with Gasteiger partial charge >= 0.3 is 0 Å². The molecule has 0 aliphatic rings. The van der Waals surface area contributed by atoms with Crippen molar-refractivity contribution in [1.82, 2.24) is 0 Å². The number of hydrogen-bond donors (Lipinski definition) is 1. The highest BCUT2D eigenvalue weighted by molar-refractivity contribution is 5.16. The Morgan fingerprint density at radius 1 is 1.20 bits per heavy atom. The molecule has 1 N–H and O–H groups in total. The Morgan fingerprint density at radius 3 is 2.67 bits per heavy atom. The van der Waals surface area contributed by atoms with Crippen molar-refractivity contribution in [3.8, 4) is 5.75 Å². The lowest BCUT2D eigenvalue weighted by Crippen LogP contribution is -2.18. The number of benzene rings is 1. The maximum atomic E-state index is 9.61. The second-order valence-corrected chi connectivity index (χ2v) is 3.22. The fourth-order valence-electron chi connectivity index (χ4n) is 1.33. The third kappa shape index (κ3) is 2.86. The Labute approximate surface area is 87.9 Å². The minimum Gasteiger partial charge on any atom is -0.469 e. The second-order valence-electron chi connectivity index (χ2n) is 3.22. The van der Waals surface area contributed by atoms with Crippen LogP contribution in [0.1, 0.15) is 5.56 Å². The van der Waals surface area contributed by atoms with Gasteiger partial charge in [0.15, 0.2) is 5.75 Å². The van der Waals surface area contributed by atoms with E-state index in [0.29, 0.717) is 12.2 Å². The van der Waals surface area contributed by atoms with Gasteiger partial charge in [0.1, 0.15) is 6.26 Å². The lowest BCUT2D eigenvalue weighted by atomic mass is 10.1. The molecule has 3 nitrogen and oxygen atoms in total. The Morgan fingerprint density at radius 2 is 2.00 bits per heavy atom. The van der Waals surface area contributed by atoms with Crippen molar-refractivity contribution in [3.63, 3.8) is 0 Å². The molecule has 0 bridgehead atoms. The molecule has 1 heterocycles. The molecule has 78 valence electrons. The van der Waals surface area contributed by atoms with Crippen LogP contribution in [0.15, 0.2) is 53.3 Å². The van der Waals surface area contributed by atoms with E-state index in [2.05, 4.69) is 0 Å². The smallest absolute Gasteiger partial charge is 0.201 e. The third-order valence-corrected chi connectivity index (χ3v) is 2.02. The van der Waals surface area contributed by atoms with Gasteiger partial charge in [-0.3, -0.25) is 0 Å². The molecule has 1 aromatic carbocycles. The van der Waals surface area contributed by atoms with Gasteiger partial charge in [0, 0.05) is 12.5 Å². The van der Waals surface area contributed by atoms with Crippen molar-refractivity contribution < 1.29 is 14.3 Å². The summed E-state index contributed by atoms with van der Waals surface area (Å²) in [6.45, 7) is 0. The maximum Gasteiger partial charge on any atom is 0.201 e. The first-order valence-electron chi connectivity index (χ1n) is 4.75. The zero-order valence-electron chi connectivity index (χ0n) is 8.17. The van der Waals surface area contributed by atoms with Crippen molar-refractivity contribution in [3.05, 3.63) is 54.5 Å². The van der Waals surface area contributed by atoms with Crippen molar-refractivity contribution in [1.29, 1.82) is 0 Å². The van der Waals surface area contributed by atoms with Crippen LogP contribution < -0.4 is 4.74 Å². The average Bonchev–Trinajstić information content (AvgIpc) is 2.71. The molecule has 0 aliphatic carbocycles. The van der Waals surface area contributed by atoms with Crippen molar-refractivity contribution in [2.45, 2.75) is 12.7 Å². The molecule has 0 saturated heterocycles. The highest BCUT2D eigenvalue weighted by atomic mass is 16.6. The van der Waals surface area contributed by atoms with E-state index in [0.717, 1.165) is 5.56 Å². The first-order valence-corrected chi connectivity index (χ1v) is 4.75. The Hall–Kier alpha value is -1.74. The van der Waals surface area contributed by atoms with E-state index in [1.54, 1.807) is 6.07 Å². The second kappa shape index (κ2) is 4.66. The minimum absolute atomic E-state index is 0.464. The van der Waals surface area contributed by atoms with Crippen LogP contribution in [0.3, 0.4) is 0 Å². The molecule has 15 heavy (non-hydrogen) atoms. The summed E-state index contributed by atoms with van der Waals surface area (Å²) in [7, 11) is 0. The summed E-state index contributed by atoms with van der Waals surface area (Å²) in [5.41, 5.74) is 1.04. The van der Waals surface area contributed by atoms with Gasteiger partial charge in [-0.25, -0.2) is 0 Å². The molecule has 0 spiro atoms. The minimum atomic E-state index is -0.843. The molecular formula is C12H12O3. The van der Waals surface area contributed by atoms with Crippen LogP contribution in [0.2, 0.25) is 0 Å². The fourth-order valence-corrected chi connectivity index (χ4v) is 1.33. The van der Waals surface area contributed by atoms with Gasteiger partial charge in [0.2, 0.25) is 6.29 Å². The number of rotatable bonds is 4. The number of furan rings is 1. The number of hydrogen-bond acceptors (Lipinski definition) is 3. The largest absolute Gasteiger partial charge is 0.469 e. The molecule has 3 heteroatoms. The summed E-state index contributed by atoms with van der Waals surface area (Å²) in [6, 6.07) is 11.4. The van der Waals surface area contributed by atoms with Gasteiger partial charge < -0.3 is 14.3 Å². The lowest BCUT2D eigenvalue weighted by Gasteiger charge is -2.11. The quantitative estimate of drug-likeness (QED) is 0.776. The predicted molar refractivity (Wildman–Crippen MR) is 55.5 cm³/mol. The van der Waals surface area contributed by atoms with E-state index in [1.807, 2.05) is 30.3 Å². The molecule has 0 aliphatic heterocycles. The van der Waals surface area contributed by atoms with Gasteiger partial charge in [-0.05, 0) is 5.56 Å². The zero-order valence-corrected chi connectivity index (χ0v) is 8.17. The molecule has 2 rings (SSSR count). The van der Waals surface area contributed by atoms with Crippen molar-refractivity contribution in [2.75, 3.05) is 0 Å². The Balaban J connectivity index is 1.90. The summed E-state index contributed by atoms with van der Waals surface area (Å²) in [5.74, 6) is 0.540. The predicted octanol–water partition coefficient (Wildman–Crippen LogP) is 2.22. The average molecular weight is 204 g/mol. The van der Waals surface area contributed by atoms with Crippen LogP contribution in [0, 0.1) is 0 Å². The topological polar surface area (TPSA) is 42.6 Å². The first kappa shape index (κ1) is 9.80. The van der Waals surface area contributed by atoms with Gasteiger partial charge in [-0.15, -0.1) is 0 Å². The molecule has 2 aromatic rings. The van der Waals surface area contributed by atoms with Crippen LogP contribution in [0.5, 0.6) is 5.75 Å². The maximum absolute atomic E-state index is 9.61. The van der Waals surface area contributed by atoms with Crippen LogP contribution in [0.25, 0.3) is 0 Å². The molecular weight excluding hydrogens is 192 g/mol. The lowest BCUT2D eigenvalue weighted by molar-refractivity contribution is -0.0162.